The minimum absolute atomic E-state index is 0.107. The third kappa shape index (κ3) is 4.05. The number of hydrogen-bond acceptors (Lipinski definition) is 6. The molecule has 3 aromatic rings. The van der Waals surface area contributed by atoms with E-state index in [1.54, 1.807) is 7.05 Å². The molecule has 0 radical (unpaired) electrons. The standard InChI is InChI=1S/C33H39N5O2/c1-34-20-22-5-6-25-28(17-22)36-32-30(25)31(39)26-18-23(21-35-2)29(19-27(26)33(32)9-15-40-16-10-33)38-13-7-24(8-14-38)37-11-3-4-12-37/h5-6,17-21,24,36H,3-4,7-16H2,1-2H3. The fraction of sp³-hybridized carbons (Fsp3) is 0.485. The summed E-state index contributed by atoms with van der Waals surface area (Å²) >= 11 is 0. The van der Waals surface area contributed by atoms with Crippen LogP contribution in [0.3, 0.4) is 0 Å². The van der Waals surface area contributed by atoms with Crippen LogP contribution >= 0.6 is 0 Å². The molecular formula is C33H39N5O2. The number of nitrogens with zero attached hydrogens (tertiary/aromatic N) is 4. The van der Waals surface area contributed by atoms with E-state index in [4.69, 9.17) is 4.74 Å². The molecular weight excluding hydrogens is 498 g/mol. The molecule has 7 nitrogen and oxygen atoms in total. The Morgan fingerprint density at radius 1 is 0.975 bits per heavy atom. The average Bonchev–Trinajstić information content (AvgIpc) is 3.66. The van der Waals surface area contributed by atoms with Crippen LogP contribution in [0.2, 0.25) is 0 Å². The van der Waals surface area contributed by atoms with Gasteiger partial charge in [-0.25, -0.2) is 0 Å². The van der Waals surface area contributed by atoms with Gasteiger partial charge in [0.15, 0.2) is 5.78 Å². The van der Waals surface area contributed by atoms with Crippen molar-refractivity contribution in [3.8, 4) is 0 Å². The van der Waals surface area contributed by atoms with E-state index in [2.05, 4.69) is 49.0 Å². The number of benzene rings is 2. The van der Waals surface area contributed by atoms with Gasteiger partial charge in [-0.15, -0.1) is 0 Å². The second kappa shape index (κ2) is 10.3. The summed E-state index contributed by atoms with van der Waals surface area (Å²) in [6.45, 7) is 5.95. The predicted octanol–water partition coefficient (Wildman–Crippen LogP) is 4.97. The van der Waals surface area contributed by atoms with Crippen molar-refractivity contribution in [3.63, 3.8) is 0 Å². The fourth-order valence-corrected chi connectivity index (χ4v) is 7.83. The van der Waals surface area contributed by atoms with Gasteiger partial charge in [-0.2, -0.15) is 0 Å². The van der Waals surface area contributed by atoms with Crippen LogP contribution in [0.25, 0.3) is 10.9 Å². The van der Waals surface area contributed by atoms with Gasteiger partial charge in [0.2, 0.25) is 0 Å². The summed E-state index contributed by atoms with van der Waals surface area (Å²) in [5.41, 5.74) is 7.85. The molecule has 2 aromatic carbocycles. The third-order valence-electron chi connectivity index (χ3n) is 9.81. The van der Waals surface area contributed by atoms with E-state index in [1.807, 2.05) is 25.5 Å². The largest absolute Gasteiger partial charge is 0.381 e. The molecule has 3 saturated heterocycles. The van der Waals surface area contributed by atoms with E-state index in [0.717, 1.165) is 70.3 Å². The molecule has 4 heterocycles. The Labute approximate surface area is 236 Å². The molecule has 208 valence electrons. The molecule has 0 saturated carbocycles. The monoisotopic (exact) mass is 537 g/mol. The molecule has 7 rings (SSSR count). The first kappa shape index (κ1) is 25.7. The van der Waals surface area contributed by atoms with Gasteiger partial charge in [-0.3, -0.25) is 14.8 Å². The van der Waals surface area contributed by atoms with Crippen molar-refractivity contribution < 1.29 is 9.53 Å². The number of carbonyl (C=O) groups excluding carboxylic acids is 1. The van der Waals surface area contributed by atoms with Gasteiger partial charge in [-0.05, 0) is 80.9 Å². The van der Waals surface area contributed by atoms with Crippen LogP contribution in [-0.2, 0) is 10.2 Å². The van der Waals surface area contributed by atoms with Crippen molar-refractivity contribution in [3.05, 3.63) is 63.8 Å². The summed E-state index contributed by atoms with van der Waals surface area (Å²) in [4.78, 5) is 31.9. The Kier molecular flexibility index (Phi) is 6.59. The molecule has 0 bridgehead atoms. The summed E-state index contributed by atoms with van der Waals surface area (Å²) in [5, 5.41) is 0.989. The molecule has 3 aliphatic heterocycles. The van der Waals surface area contributed by atoms with Crippen molar-refractivity contribution in [2.75, 3.05) is 58.4 Å². The Balaban J connectivity index is 1.35. The van der Waals surface area contributed by atoms with Crippen LogP contribution in [0.4, 0.5) is 5.69 Å². The second-order valence-corrected chi connectivity index (χ2v) is 11.9. The molecule has 0 unspecified atom stereocenters. The highest BCUT2D eigenvalue weighted by Crippen LogP contribution is 2.50. The van der Waals surface area contributed by atoms with Gasteiger partial charge in [-0.1, -0.05) is 12.1 Å². The number of ether oxygens (including phenoxy) is 1. The lowest BCUT2D eigenvalue weighted by Gasteiger charge is -2.43. The number of ketones is 1. The molecule has 4 aliphatic rings. The number of likely N-dealkylation sites (tertiary alicyclic amines) is 1. The highest BCUT2D eigenvalue weighted by molar-refractivity contribution is 6.21. The number of piperidine rings is 1. The summed E-state index contributed by atoms with van der Waals surface area (Å²) < 4.78 is 5.90. The first-order valence-corrected chi connectivity index (χ1v) is 14.9. The van der Waals surface area contributed by atoms with Gasteiger partial charge >= 0.3 is 0 Å². The van der Waals surface area contributed by atoms with Gasteiger partial charge < -0.3 is 19.5 Å². The van der Waals surface area contributed by atoms with Crippen molar-refractivity contribution in [2.24, 2.45) is 9.98 Å². The van der Waals surface area contributed by atoms with Crippen molar-refractivity contribution in [2.45, 2.75) is 50.0 Å². The van der Waals surface area contributed by atoms with E-state index >= 15 is 0 Å². The molecule has 1 aromatic heterocycles. The van der Waals surface area contributed by atoms with Gasteiger partial charge in [0.25, 0.3) is 0 Å². The van der Waals surface area contributed by atoms with Gasteiger partial charge in [0, 0.05) is 97.7 Å². The molecule has 7 heteroatoms. The summed E-state index contributed by atoms with van der Waals surface area (Å²) in [6.07, 6.45) is 10.6. The predicted molar refractivity (Wildman–Crippen MR) is 162 cm³/mol. The molecule has 1 N–H and O–H groups in total. The van der Waals surface area contributed by atoms with Gasteiger partial charge in [0.1, 0.15) is 0 Å². The minimum atomic E-state index is -0.278. The summed E-state index contributed by atoms with van der Waals surface area (Å²) in [7, 11) is 3.60. The number of aromatic nitrogens is 1. The van der Waals surface area contributed by atoms with Crippen LogP contribution in [0.15, 0.2) is 40.3 Å². The van der Waals surface area contributed by atoms with E-state index in [1.165, 1.54) is 44.5 Å². The zero-order chi connectivity index (χ0) is 27.3. The zero-order valence-electron chi connectivity index (χ0n) is 23.7. The number of fused-ring (bicyclic) bond motifs is 6. The first-order valence-electron chi connectivity index (χ1n) is 14.9. The Bertz CT molecular complexity index is 1500. The molecule has 3 fully saturated rings. The number of hydrogen-bond donors (Lipinski definition) is 1. The molecule has 1 aliphatic carbocycles. The Morgan fingerprint density at radius 2 is 1.73 bits per heavy atom. The molecule has 0 amide bonds. The van der Waals surface area contributed by atoms with Crippen molar-refractivity contribution >= 4 is 34.8 Å². The zero-order valence-corrected chi connectivity index (χ0v) is 23.7. The summed E-state index contributed by atoms with van der Waals surface area (Å²) in [5.74, 6) is 0.107. The van der Waals surface area contributed by atoms with Crippen LogP contribution in [-0.4, -0.2) is 87.6 Å². The molecule has 0 atom stereocenters. The molecule has 1 spiro atoms. The lowest BCUT2D eigenvalue weighted by atomic mass is 9.64. The average molecular weight is 538 g/mol. The maximum Gasteiger partial charge on any atom is 0.195 e. The van der Waals surface area contributed by atoms with Crippen LogP contribution in [0.5, 0.6) is 0 Å². The smallest absolute Gasteiger partial charge is 0.195 e. The topological polar surface area (TPSA) is 73.3 Å². The lowest BCUT2D eigenvalue weighted by molar-refractivity contribution is 0.0602. The van der Waals surface area contributed by atoms with Gasteiger partial charge in [0.05, 0.1) is 5.56 Å². The lowest BCUT2D eigenvalue weighted by Crippen LogP contribution is -2.44. The second-order valence-electron chi connectivity index (χ2n) is 11.9. The third-order valence-corrected chi connectivity index (χ3v) is 9.81. The fourth-order valence-electron chi connectivity index (χ4n) is 7.83. The normalized spacial score (nSPS) is 21.8. The Morgan fingerprint density at radius 3 is 2.45 bits per heavy atom. The Hall–Kier alpha value is -3.29. The number of anilines is 1. The first-order chi connectivity index (χ1) is 19.6. The van der Waals surface area contributed by atoms with E-state index in [9.17, 15) is 4.79 Å². The number of carbonyl (C=O) groups is 1. The SMILES string of the molecule is CN=Cc1ccc2c3c([nH]c2c1)C1(CCOCC1)c1cc(N2CCC(N4CCCC4)CC2)c(C=NC)cc1C3=O. The maximum atomic E-state index is 14.3. The van der Waals surface area contributed by atoms with Crippen molar-refractivity contribution in [1.29, 1.82) is 0 Å². The number of H-pyrrole nitrogens is 1. The van der Waals surface area contributed by atoms with E-state index in [0.29, 0.717) is 19.3 Å². The number of rotatable bonds is 4. The highest BCUT2D eigenvalue weighted by atomic mass is 16.5. The van der Waals surface area contributed by atoms with Crippen molar-refractivity contribution in [1.82, 2.24) is 9.88 Å². The highest BCUT2D eigenvalue weighted by Gasteiger charge is 2.47. The van der Waals surface area contributed by atoms with Crippen LogP contribution in [0.1, 0.15) is 76.8 Å². The van der Waals surface area contributed by atoms with E-state index in [-0.39, 0.29) is 11.2 Å². The van der Waals surface area contributed by atoms with Crippen LogP contribution in [0, 0.1) is 0 Å². The molecule has 40 heavy (non-hydrogen) atoms. The summed E-state index contributed by atoms with van der Waals surface area (Å²) in [6, 6.07) is 11.4. The van der Waals surface area contributed by atoms with E-state index < -0.39 is 0 Å². The number of nitrogens with one attached hydrogen (secondary N) is 1. The van der Waals surface area contributed by atoms with Crippen LogP contribution < -0.4 is 4.90 Å². The number of aliphatic imine (C=N–C) groups is 2. The number of aromatic amines is 1. The minimum Gasteiger partial charge on any atom is -0.381 e. The maximum absolute atomic E-state index is 14.3. The quantitative estimate of drug-likeness (QED) is 0.477.